The first-order valence-electron chi connectivity index (χ1n) is 9.44. The van der Waals surface area contributed by atoms with E-state index < -0.39 is 14.8 Å². The van der Waals surface area contributed by atoms with Crippen molar-refractivity contribution in [3.8, 4) is 0 Å². The smallest absolute Gasteiger partial charge is 0.258 e. The Hall–Kier alpha value is -2.81. The monoisotopic (exact) mass is 413 g/mol. The van der Waals surface area contributed by atoms with Crippen molar-refractivity contribution < 1.29 is 8.42 Å². The molecule has 1 fully saturated rings. The van der Waals surface area contributed by atoms with Gasteiger partial charge in [-0.2, -0.15) is 4.40 Å². The van der Waals surface area contributed by atoms with Gasteiger partial charge in [-0.3, -0.25) is 4.79 Å². The number of fused-ring (bicyclic) bond motifs is 1. The number of rotatable bonds is 4. The van der Waals surface area contributed by atoms with Crippen LogP contribution in [-0.2, 0) is 17.1 Å². The lowest BCUT2D eigenvalue weighted by molar-refractivity contribution is 0.562. The van der Waals surface area contributed by atoms with Gasteiger partial charge in [-0.05, 0) is 51.1 Å². The molecular formula is C20H23N5O3S. The summed E-state index contributed by atoms with van der Waals surface area (Å²) in [6, 6.07) is 7.30. The lowest BCUT2D eigenvalue weighted by Gasteiger charge is -2.17. The van der Waals surface area contributed by atoms with Crippen LogP contribution < -0.4 is 5.56 Å². The first kappa shape index (κ1) is 19.5. The van der Waals surface area contributed by atoms with E-state index in [2.05, 4.69) is 14.7 Å². The molecule has 0 amide bonds. The molecule has 8 nitrogen and oxygen atoms in total. The molecule has 0 spiro atoms. The van der Waals surface area contributed by atoms with Crippen molar-refractivity contribution in [2.24, 2.45) is 11.4 Å². The van der Waals surface area contributed by atoms with Gasteiger partial charge in [-0.1, -0.05) is 17.3 Å². The standard InChI is InChI=1S/C20H23N5O3S/c1-20(2,3)29(27,28)22-18(17-12-25(23-21-17)13-8-9-13)15-6-5-7-16-14(15)10-11-24(4)19(16)26/h5-7,10-13H,8-9H2,1-4H3/b22-18+. The molecule has 1 aliphatic rings. The van der Waals surface area contributed by atoms with Crippen LogP contribution in [0.5, 0.6) is 0 Å². The van der Waals surface area contributed by atoms with E-state index in [1.165, 1.54) is 4.57 Å². The topological polar surface area (TPSA) is 99.2 Å². The SMILES string of the molecule is Cn1ccc2c(/C(=N\S(=O)(=O)C(C)(C)C)c3cn(C4CC4)nn3)cccc2c1=O. The van der Waals surface area contributed by atoms with Gasteiger partial charge in [-0.25, -0.2) is 13.1 Å². The molecule has 2 heterocycles. The Morgan fingerprint density at radius 3 is 2.55 bits per heavy atom. The van der Waals surface area contributed by atoms with Crippen LogP contribution in [0.4, 0.5) is 0 Å². The van der Waals surface area contributed by atoms with Gasteiger partial charge in [0.2, 0.25) is 0 Å². The number of hydrogen-bond donors (Lipinski definition) is 0. The second-order valence-corrected chi connectivity index (χ2v) is 10.7. The molecule has 0 aliphatic heterocycles. The quantitative estimate of drug-likeness (QED) is 0.612. The van der Waals surface area contributed by atoms with Gasteiger partial charge in [0.25, 0.3) is 15.6 Å². The highest BCUT2D eigenvalue weighted by Gasteiger charge is 2.31. The van der Waals surface area contributed by atoms with Crippen molar-refractivity contribution in [2.45, 2.75) is 44.4 Å². The molecule has 1 aromatic carbocycles. The van der Waals surface area contributed by atoms with E-state index >= 15 is 0 Å². The van der Waals surface area contributed by atoms with Crippen molar-refractivity contribution in [3.63, 3.8) is 0 Å². The number of sulfonamides is 1. The Kier molecular flexibility index (Phi) is 4.45. The van der Waals surface area contributed by atoms with Crippen LogP contribution in [0.3, 0.4) is 0 Å². The third kappa shape index (κ3) is 3.50. The molecule has 2 aromatic heterocycles. The maximum Gasteiger partial charge on any atom is 0.258 e. The fraction of sp³-hybridized carbons (Fsp3) is 0.400. The molecule has 4 rings (SSSR count). The zero-order valence-electron chi connectivity index (χ0n) is 16.8. The summed E-state index contributed by atoms with van der Waals surface area (Å²) in [6.45, 7) is 4.80. The molecule has 9 heteroatoms. The van der Waals surface area contributed by atoms with Crippen LogP contribution in [0.2, 0.25) is 0 Å². The number of hydrogen-bond acceptors (Lipinski definition) is 5. The van der Waals surface area contributed by atoms with Gasteiger partial charge >= 0.3 is 0 Å². The van der Waals surface area contributed by atoms with Crippen LogP contribution in [0, 0.1) is 0 Å². The summed E-state index contributed by atoms with van der Waals surface area (Å²) in [5.74, 6) is 0. The second kappa shape index (κ2) is 6.62. The number of aryl methyl sites for hydroxylation is 1. The Morgan fingerprint density at radius 2 is 1.90 bits per heavy atom. The normalized spacial score (nSPS) is 15.8. The molecular weight excluding hydrogens is 390 g/mol. The summed E-state index contributed by atoms with van der Waals surface area (Å²) >= 11 is 0. The zero-order valence-corrected chi connectivity index (χ0v) is 17.6. The van der Waals surface area contributed by atoms with Crippen molar-refractivity contribution >= 4 is 26.5 Å². The predicted molar refractivity (Wildman–Crippen MR) is 112 cm³/mol. The summed E-state index contributed by atoms with van der Waals surface area (Å²) < 4.78 is 32.2. The van der Waals surface area contributed by atoms with Crippen LogP contribution in [-0.4, -0.2) is 38.4 Å². The minimum absolute atomic E-state index is 0.163. The Labute approximate surface area is 168 Å². The first-order chi connectivity index (χ1) is 13.6. The summed E-state index contributed by atoms with van der Waals surface area (Å²) in [5, 5.41) is 9.47. The van der Waals surface area contributed by atoms with Crippen LogP contribution in [0.15, 0.2) is 45.9 Å². The zero-order chi connectivity index (χ0) is 21.0. The van der Waals surface area contributed by atoms with E-state index in [0.717, 1.165) is 12.8 Å². The largest absolute Gasteiger partial charge is 0.318 e. The maximum absolute atomic E-state index is 12.9. The van der Waals surface area contributed by atoms with E-state index in [-0.39, 0.29) is 11.3 Å². The highest BCUT2D eigenvalue weighted by molar-refractivity contribution is 7.91. The molecule has 1 saturated carbocycles. The molecule has 0 radical (unpaired) electrons. The van der Waals surface area contributed by atoms with E-state index in [4.69, 9.17) is 0 Å². The molecule has 0 N–H and O–H groups in total. The summed E-state index contributed by atoms with van der Waals surface area (Å²) in [4.78, 5) is 12.6. The fourth-order valence-electron chi connectivity index (χ4n) is 2.98. The van der Waals surface area contributed by atoms with E-state index in [1.807, 2.05) is 0 Å². The lowest BCUT2D eigenvalue weighted by Crippen LogP contribution is -2.27. The van der Waals surface area contributed by atoms with Crippen LogP contribution >= 0.6 is 0 Å². The second-order valence-electron chi connectivity index (χ2n) is 8.34. The molecule has 29 heavy (non-hydrogen) atoms. The van der Waals surface area contributed by atoms with Gasteiger partial charge in [0.15, 0.2) is 0 Å². The third-order valence-corrected chi connectivity index (χ3v) is 7.01. The summed E-state index contributed by atoms with van der Waals surface area (Å²) in [5.41, 5.74) is 0.948. The average Bonchev–Trinajstić information content (AvgIpc) is 3.39. The molecule has 3 aromatic rings. The van der Waals surface area contributed by atoms with Crippen LogP contribution in [0.1, 0.15) is 50.9 Å². The van der Waals surface area contributed by atoms with E-state index in [9.17, 15) is 13.2 Å². The predicted octanol–water partition coefficient (Wildman–Crippen LogP) is 2.43. The van der Waals surface area contributed by atoms with Crippen molar-refractivity contribution in [1.82, 2.24) is 19.6 Å². The summed E-state index contributed by atoms with van der Waals surface area (Å²) in [6.07, 6.45) is 5.44. The van der Waals surface area contributed by atoms with Crippen molar-refractivity contribution in [1.29, 1.82) is 0 Å². The Bertz CT molecular complexity index is 1290. The lowest BCUT2D eigenvalue weighted by atomic mass is 10.0. The van der Waals surface area contributed by atoms with E-state index in [1.54, 1.807) is 69.2 Å². The number of aromatic nitrogens is 4. The average molecular weight is 414 g/mol. The van der Waals surface area contributed by atoms with Gasteiger partial charge in [0.05, 0.1) is 17.0 Å². The van der Waals surface area contributed by atoms with Gasteiger partial charge in [-0.15, -0.1) is 5.10 Å². The Morgan fingerprint density at radius 1 is 1.17 bits per heavy atom. The number of benzene rings is 1. The van der Waals surface area contributed by atoms with E-state index in [0.29, 0.717) is 28.1 Å². The highest BCUT2D eigenvalue weighted by Crippen LogP contribution is 2.34. The van der Waals surface area contributed by atoms with Crippen molar-refractivity contribution in [3.05, 3.63) is 58.3 Å². The van der Waals surface area contributed by atoms with Gasteiger partial charge in [0, 0.05) is 24.2 Å². The molecule has 1 aliphatic carbocycles. The molecule has 0 bridgehead atoms. The molecule has 0 atom stereocenters. The minimum Gasteiger partial charge on any atom is -0.318 e. The molecule has 0 saturated heterocycles. The number of nitrogens with zero attached hydrogens (tertiary/aromatic N) is 5. The number of pyridine rings is 1. The fourth-order valence-corrected chi connectivity index (χ4v) is 3.68. The minimum atomic E-state index is -3.85. The van der Waals surface area contributed by atoms with Crippen molar-refractivity contribution in [2.75, 3.05) is 0 Å². The van der Waals surface area contributed by atoms with Gasteiger partial charge < -0.3 is 4.57 Å². The molecule has 152 valence electrons. The van der Waals surface area contributed by atoms with Gasteiger partial charge in [0.1, 0.15) is 11.4 Å². The Balaban J connectivity index is 2.00. The summed E-state index contributed by atoms with van der Waals surface area (Å²) in [7, 11) is -2.17. The first-order valence-corrected chi connectivity index (χ1v) is 10.9. The van der Waals surface area contributed by atoms with Crippen LogP contribution in [0.25, 0.3) is 10.8 Å². The third-order valence-electron chi connectivity index (χ3n) is 5.04. The highest BCUT2D eigenvalue weighted by atomic mass is 32.2. The maximum atomic E-state index is 12.9. The molecule has 0 unspecified atom stereocenters.